The van der Waals surface area contributed by atoms with Gasteiger partial charge in [-0.15, -0.1) is 0 Å². The van der Waals surface area contributed by atoms with E-state index in [0.717, 1.165) is 5.52 Å². The summed E-state index contributed by atoms with van der Waals surface area (Å²) in [7, 11) is 1.83. The molecule has 0 saturated heterocycles. The molecule has 1 aromatic heterocycles. The van der Waals surface area contributed by atoms with E-state index in [1.807, 2.05) is 13.1 Å². The normalized spacial score (nSPS) is 11.0. The Morgan fingerprint density at radius 2 is 2.31 bits per heavy atom. The van der Waals surface area contributed by atoms with Crippen molar-refractivity contribution in [1.29, 1.82) is 0 Å². The van der Waals surface area contributed by atoms with Crippen molar-refractivity contribution in [2.75, 3.05) is 0 Å². The van der Waals surface area contributed by atoms with Crippen LogP contribution in [0.5, 0.6) is 0 Å². The molecule has 0 bridgehead atoms. The lowest BCUT2D eigenvalue weighted by Crippen LogP contribution is -2.04. The summed E-state index contributed by atoms with van der Waals surface area (Å²) in [5.41, 5.74) is 6.63. The highest BCUT2D eigenvalue weighted by atomic mass is 19.1. The van der Waals surface area contributed by atoms with Gasteiger partial charge in [0, 0.05) is 7.05 Å². The van der Waals surface area contributed by atoms with Crippen molar-refractivity contribution in [3.8, 4) is 0 Å². The van der Waals surface area contributed by atoms with Gasteiger partial charge in [-0.05, 0) is 12.1 Å². The highest BCUT2D eigenvalue weighted by Gasteiger charge is 2.08. The second-order valence-electron chi connectivity index (χ2n) is 2.90. The smallest absolute Gasteiger partial charge is 0.151 e. The molecule has 0 radical (unpaired) electrons. The molecular weight excluding hydrogens is 169 g/mol. The summed E-state index contributed by atoms with van der Waals surface area (Å²) < 4.78 is 15.0. The van der Waals surface area contributed by atoms with Crippen LogP contribution in [-0.2, 0) is 13.6 Å². The maximum Gasteiger partial charge on any atom is 0.151 e. The lowest BCUT2D eigenvalue weighted by molar-refractivity contribution is 0.637. The van der Waals surface area contributed by atoms with E-state index in [0.29, 0.717) is 17.9 Å². The van der Waals surface area contributed by atoms with Crippen molar-refractivity contribution in [2.24, 2.45) is 12.8 Å². The molecule has 68 valence electrons. The number of fused-ring (bicyclic) bond motifs is 1. The Labute approximate surface area is 75.0 Å². The lowest BCUT2D eigenvalue weighted by Gasteiger charge is -1.97. The predicted molar refractivity (Wildman–Crippen MR) is 48.6 cm³/mol. The third kappa shape index (κ3) is 1.10. The fourth-order valence-electron chi connectivity index (χ4n) is 1.41. The molecule has 0 saturated carbocycles. The highest BCUT2D eigenvalue weighted by Crippen LogP contribution is 2.17. The summed E-state index contributed by atoms with van der Waals surface area (Å²) in [6, 6.07) is 4.89. The standard InChI is InChI=1S/C9H10FN3/c1-13-7-4-2-3-6(10)9(7)12-8(13)5-11/h2-4H,5,11H2,1H3. The molecule has 0 spiro atoms. The molecule has 1 aromatic carbocycles. The second-order valence-corrected chi connectivity index (χ2v) is 2.90. The summed E-state index contributed by atoms with van der Waals surface area (Å²) >= 11 is 0. The van der Waals surface area contributed by atoms with E-state index in [4.69, 9.17) is 5.73 Å². The van der Waals surface area contributed by atoms with Gasteiger partial charge in [0.2, 0.25) is 0 Å². The third-order valence-corrected chi connectivity index (χ3v) is 2.14. The quantitative estimate of drug-likeness (QED) is 0.714. The summed E-state index contributed by atoms with van der Waals surface area (Å²) in [6.45, 7) is 0.324. The van der Waals surface area contributed by atoms with E-state index < -0.39 is 0 Å². The van der Waals surface area contributed by atoms with Crippen molar-refractivity contribution < 1.29 is 4.39 Å². The van der Waals surface area contributed by atoms with Crippen LogP contribution < -0.4 is 5.73 Å². The first kappa shape index (κ1) is 8.19. The first-order valence-corrected chi connectivity index (χ1v) is 4.04. The summed E-state index contributed by atoms with van der Waals surface area (Å²) in [4.78, 5) is 4.09. The van der Waals surface area contributed by atoms with Gasteiger partial charge in [0.25, 0.3) is 0 Å². The number of halogens is 1. The van der Waals surface area contributed by atoms with Gasteiger partial charge in [-0.2, -0.15) is 0 Å². The SMILES string of the molecule is Cn1c(CN)nc2c(F)cccc21. The van der Waals surface area contributed by atoms with Crippen LogP contribution in [0.2, 0.25) is 0 Å². The highest BCUT2D eigenvalue weighted by molar-refractivity contribution is 5.76. The summed E-state index contributed by atoms with van der Waals surface area (Å²) in [5, 5.41) is 0. The minimum absolute atomic E-state index is 0.298. The Bertz CT molecular complexity index is 447. The van der Waals surface area contributed by atoms with Gasteiger partial charge < -0.3 is 10.3 Å². The molecule has 0 unspecified atom stereocenters. The molecule has 3 nitrogen and oxygen atoms in total. The second kappa shape index (κ2) is 2.81. The van der Waals surface area contributed by atoms with Gasteiger partial charge in [0.15, 0.2) is 5.82 Å². The molecule has 2 rings (SSSR count). The lowest BCUT2D eigenvalue weighted by atomic mass is 10.3. The first-order valence-electron chi connectivity index (χ1n) is 4.04. The van der Waals surface area contributed by atoms with Crippen molar-refractivity contribution in [3.05, 3.63) is 29.8 Å². The third-order valence-electron chi connectivity index (χ3n) is 2.14. The average Bonchev–Trinajstić information content (AvgIpc) is 2.45. The van der Waals surface area contributed by atoms with Crippen LogP contribution in [0, 0.1) is 5.82 Å². The number of aryl methyl sites for hydroxylation is 1. The van der Waals surface area contributed by atoms with Gasteiger partial charge in [0.1, 0.15) is 11.3 Å². The number of nitrogens with two attached hydrogens (primary N) is 1. The zero-order chi connectivity index (χ0) is 9.42. The van der Waals surface area contributed by atoms with E-state index in [1.165, 1.54) is 6.07 Å². The number of benzene rings is 1. The number of imidazole rings is 1. The zero-order valence-corrected chi connectivity index (χ0v) is 7.29. The Hall–Kier alpha value is -1.42. The molecule has 2 aromatic rings. The average molecular weight is 179 g/mol. The van der Waals surface area contributed by atoms with Gasteiger partial charge in [0.05, 0.1) is 12.1 Å². The van der Waals surface area contributed by atoms with Gasteiger partial charge >= 0.3 is 0 Å². The van der Waals surface area contributed by atoms with E-state index in [1.54, 1.807) is 10.6 Å². The maximum atomic E-state index is 13.2. The minimum Gasteiger partial charge on any atom is -0.330 e. The van der Waals surface area contributed by atoms with Crippen LogP contribution >= 0.6 is 0 Å². The molecule has 4 heteroatoms. The summed E-state index contributed by atoms with van der Waals surface area (Å²) in [5.74, 6) is 0.396. The largest absolute Gasteiger partial charge is 0.330 e. The molecule has 1 heterocycles. The van der Waals surface area contributed by atoms with E-state index in [9.17, 15) is 4.39 Å². The van der Waals surface area contributed by atoms with Gasteiger partial charge in [-0.3, -0.25) is 0 Å². The van der Waals surface area contributed by atoms with Crippen LogP contribution in [-0.4, -0.2) is 9.55 Å². The number of aromatic nitrogens is 2. The molecule has 2 N–H and O–H groups in total. The van der Waals surface area contributed by atoms with E-state index in [-0.39, 0.29) is 5.82 Å². The Morgan fingerprint density at radius 1 is 1.54 bits per heavy atom. The Balaban J connectivity index is 2.83. The molecule has 0 fully saturated rings. The van der Waals surface area contributed by atoms with Crippen LogP contribution in [0.3, 0.4) is 0 Å². The monoisotopic (exact) mass is 179 g/mol. The van der Waals surface area contributed by atoms with E-state index >= 15 is 0 Å². The van der Waals surface area contributed by atoms with Crippen molar-refractivity contribution in [1.82, 2.24) is 9.55 Å². The van der Waals surface area contributed by atoms with Crippen molar-refractivity contribution >= 4 is 11.0 Å². The van der Waals surface area contributed by atoms with Crippen LogP contribution in [0.25, 0.3) is 11.0 Å². The van der Waals surface area contributed by atoms with Crippen LogP contribution in [0.1, 0.15) is 5.82 Å². The molecule has 0 atom stereocenters. The fourth-order valence-corrected chi connectivity index (χ4v) is 1.41. The molecule has 0 amide bonds. The molecule has 13 heavy (non-hydrogen) atoms. The number of hydrogen-bond donors (Lipinski definition) is 1. The Kier molecular flexibility index (Phi) is 1.77. The topological polar surface area (TPSA) is 43.8 Å². The van der Waals surface area contributed by atoms with Crippen molar-refractivity contribution in [2.45, 2.75) is 6.54 Å². The zero-order valence-electron chi connectivity index (χ0n) is 7.29. The summed E-state index contributed by atoms with van der Waals surface area (Å²) in [6.07, 6.45) is 0. The first-order chi connectivity index (χ1) is 6.24. The Morgan fingerprint density at radius 3 is 2.92 bits per heavy atom. The molecule has 0 aliphatic carbocycles. The van der Waals surface area contributed by atoms with Gasteiger partial charge in [-0.1, -0.05) is 6.07 Å². The number of nitrogens with zero attached hydrogens (tertiary/aromatic N) is 2. The molecule has 0 aliphatic rings. The number of rotatable bonds is 1. The predicted octanol–water partition coefficient (Wildman–Crippen LogP) is 1.17. The minimum atomic E-state index is -0.298. The number of para-hydroxylation sites is 1. The molecule has 0 aliphatic heterocycles. The molecular formula is C9H10FN3. The van der Waals surface area contributed by atoms with Crippen LogP contribution in [0.4, 0.5) is 4.39 Å². The fraction of sp³-hybridized carbons (Fsp3) is 0.222. The van der Waals surface area contributed by atoms with Crippen LogP contribution in [0.15, 0.2) is 18.2 Å². The van der Waals surface area contributed by atoms with E-state index in [2.05, 4.69) is 4.98 Å². The maximum absolute atomic E-state index is 13.2. The van der Waals surface area contributed by atoms with Crippen molar-refractivity contribution in [3.63, 3.8) is 0 Å². The van der Waals surface area contributed by atoms with Gasteiger partial charge in [-0.25, -0.2) is 9.37 Å². The number of hydrogen-bond acceptors (Lipinski definition) is 2.